The summed E-state index contributed by atoms with van der Waals surface area (Å²) in [5, 5.41) is 10.6. The molecule has 2 aromatic rings. The third-order valence-corrected chi connectivity index (χ3v) is 2.89. The summed E-state index contributed by atoms with van der Waals surface area (Å²) >= 11 is 0. The van der Waals surface area contributed by atoms with E-state index in [1.807, 2.05) is 20.0 Å². The number of aryl methyl sites for hydroxylation is 3. The van der Waals surface area contributed by atoms with Gasteiger partial charge in [0.1, 0.15) is 0 Å². The van der Waals surface area contributed by atoms with Crippen LogP contribution >= 0.6 is 12.4 Å². The highest BCUT2D eigenvalue weighted by Gasteiger charge is 2.36. The number of alkyl halides is 3. The summed E-state index contributed by atoms with van der Waals surface area (Å²) in [5.74, 6) is 0.587. The zero-order valence-electron chi connectivity index (χ0n) is 11.9. The van der Waals surface area contributed by atoms with E-state index in [-0.39, 0.29) is 24.5 Å². The van der Waals surface area contributed by atoms with E-state index in [0.29, 0.717) is 12.4 Å². The van der Waals surface area contributed by atoms with Gasteiger partial charge in [-0.05, 0) is 13.8 Å². The van der Waals surface area contributed by atoms with Crippen molar-refractivity contribution in [3.63, 3.8) is 0 Å². The summed E-state index contributed by atoms with van der Waals surface area (Å²) in [7, 11) is 1.47. The maximum absolute atomic E-state index is 12.8. The predicted molar refractivity (Wildman–Crippen MR) is 75.4 cm³/mol. The summed E-state index contributed by atoms with van der Waals surface area (Å²) in [4.78, 5) is 0. The van der Waals surface area contributed by atoms with Crippen LogP contribution in [0.5, 0.6) is 0 Å². The number of nitrogens with zero attached hydrogens (tertiary/aromatic N) is 4. The van der Waals surface area contributed by atoms with E-state index in [1.54, 1.807) is 4.68 Å². The molecule has 0 aliphatic heterocycles. The maximum Gasteiger partial charge on any atom is 0.435 e. The Morgan fingerprint density at radius 2 is 1.90 bits per heavy atom. The van der Waals surface area contributed by atoms with Gasteiger partial charge < -0.3 is 5.32 Å². The molecule has 0 fully saturated rings. The van der Waals surface area contributed by atoms with Crippen LogP contribution in [0.15, 0.2) is 12.4 Å². The predicted octanol–water partition coefficient (Wildman–Crippen LogP) is 3.00. The van der Waals surface area contributed by atoms with Crippen LogP contribution in [-0.2, 0) is 26.3 Å². The van der Waals surface area contributed by atoms with Crippen molar-refractivity contribution in [2.45, 2.75) is 33.1 Å². The molecule has 0 radical (unpaired) electrons. The maximum atomic E-state index is 12.8. The average molecular weight is 324 g/mol. The molecule has 1 N–H and O–H groups in total. The Kier molecular flexibility index (Phi) is 5.27. The Hall–Kier alpha value is -1.70. The number of nitrogens with one attached hydrogen (secondary N) is 1. The lowest BCUT2D eigenvalue weighted by molar-refractivity contribution is -0.142. The van der Waals surface area contributed by atoms with Crippen molar-refractivity contribution in [3.8, 4) is 0 Å². The fourth-order valence-corrected chi connectivity index (χ4v) is 1.94. The van der Waals surface area contributed by atoms with Gasteiger partial charge in [-0.3, -0.25) is 9.36 Å². The molecule has 0 bridgehead atoms. The Morgan fingerprint density at radius 3 is 2.43 bits per heavy atom. The minimum absolute atomic E-state index is 0. The van der Waals surface area contributed by atoms with Crippen molar-refractivity contribution in [3.05, 3.63) is 29.2 Å². The van der Waals surface area contributed by atoms with Crippen molar-refractivity contribution in [2.75, 3.05) is 5.32 Å². The topological polar surface area (TPSA) is 47.7 Å². The molecule has 21 heavy (non-hydrogen) atoms. The number of rotatable bonds is 4. The summed E-state index contributed by atoms with van der Waals surface area (Å²) < 4.78 is 41.3. The van der Waals surface area contributed by atoms with E-state index in [1.165, 1.54) is 13.2 Å². The Labute approximate surface area is 126 Å². The van der Waals surface area contributed by atoms with Crippen LogP contribution in [0.2, 0.25) is 0 Å². The summed E-state index contributed by atoms with van der Waals surface area (Å²) in [5.41, 5.74) is 0.134. The van der Waals surface area contributed by atoms with Gasteiger partial charge in [-0.25, -0.2) is 0 Å². The van der Waals surface area contributed by atoms with E-state index in [2.05, 4.69) is 15.5 Å². The van der Waals surface area contributed by atoms with Gasteiger partial charge in [-0.2, -0.15) is 23.4 Å². The van der Waals surface area contributed by atoms with Gasteiger partial charge in [0.15, 0.2) is 11.5 Å². The van der Waals surface area contributed by atoms with Crippen LogP contribution in [0.3, 0.4) is 0 Å². The molecule has 0 unspecified atom stereocenters. The number of halogens is 4. The van der Waals surface area contributed by atoms with Crippen molar-refractivity contribution in [1.29, 1.82) is 0 Å². The van der Waals surface area contributed by atoms with Crippen molar-refractivity contribution >= 4 is 18.2 Å². The molecule has 0 amide bonds. The van der Waals surface area contributed by atoms with Crippen LogP contribution in [0.4, 0.5) is 19.0 Å². The molecule has 5 nitrogen and oxygen atoms in total. The number of aromatic nitrogens is 4. The summed E-state index contributed by atoms with van der Waals surface area (Å²) in [6.45, 7) is 4.54. The van der Waals surface area contributed by atoms with Crippen LogP contribution in [0, 0.1) is 6.92 Å². The molecule has 118 valence electrons. The van der Waals surface area contributed by atoms with Gasteiger partial charge in [0.25, 0.3) is 0 Å². The minimum Gasteiger partial charge on any atom is -0.364 e. The molecule has 2 heterocycles. The second-order valence-electron chi connectivity index (χ2n) is 4.54. The van der Waals surface area contributed by atoms with Gasteiger partial charge in [0.2, 0.25) is 0 Å². The van der Waals surface area contributed by atoms with Crippen molar-refractivity contribution in [1.82, 2.24) is 19.6 Å². The molecule has 0 spiro atoms. The van der Waals surface area contributed by atoms with Crippen molar-refractivity contribution in [2.24, 2.45) is 7.05 Å². The standard InChI is InChI=1S/C12H16F3N5.ClH/c1-4-20-6-8(2)11(18-20)16-5-9-7-19(3)17-10(9)12(13,14)15;/h6-7H,4-5H2,1-3H3,(H,16,18);1H. The lowest BCUT2D eigenvalue weighted by Crippen LogP contribution is -2.12. The van der Waals surface area contributed by atoms with Gasteiger partial charge in [0.05, 0.1) is 0 Å². The van der Waals surface area contributed by atoms with Crippen LogP contribution in [0.25, 0.3) is 0 Å². The highest BCUT2D eigenvalue weighted by Crippen LogP contribution is 2.30. The average Bonchev–Trinajstić information content (AvgIpc) is 2.89. The Bertz CT molecular complexity index is 603. The second-order valence-corrected chi connectivity index (χ2v) is 4.54. The van der Waals surface area contributed by atoms with Crippen LogP contribution in [-0.4, -0.2) is 19.6 Å². The minimum atomic E-state index is -4.45. The molecule has 9 heteroatoms. The van der Waals surface area contributed by atoms with E-state index in [9.17, 15) is 13.2 Å². The first-order valence-electron chi connectivity index (χ1n) is 6.19. The van der Waals surface area contributed by atoms with Crippen LogP contribution < -0.4 is 5.32 Å². The molecule has 0 saturated carbocycles. The fourth-order valence-electron chi connectivity index (χ4n) is 1.94. The normalized spacial score (nSPS) is 11.3. The number of hydrogen-bond donors (Lipinski definition) is 1. The zero-order chi connectivity index (χ0) is 14.9. The Balaban J connectivity index is 0.00000220. The molecule has 0 aliphatic rings. The molecule has 0 aromatic carbocycles. The van der Waals surface area contributed by atoms with Gasteiger partial charge >= 0.3 is 6.18 Å². The summed E-state index contributed by atoms with van der Waals surface area (Å²) in [6, 6.07) is 0. The second kappa shape index (κ2) is 6.38. The van der Waals surface area contributed by atoms with Crippen molar-refractivity contribution < 1.29 is 13.2 Å². The molecule has 0 atom stereocenters. The summed E-state index contributed by atoms with van der Waals surface area (Å²) in [6.07, 6.45) is -1.24. The van der Waals surface area contributed by atoms with E-state index in [0.717, 1.165) is 10.2 Å². The third-order valence-electron chi connectivity index (χ3n) is 2.89. The molecule has 2 aromatic heterocycles. The smallest absolute Gasteiger partial charge is 0.364 e. The van der Waals surface area contributed by atoms with Gasteiger partial charge in [-0.1, -0.05) is 0 Å². The lowest BCUT2D eigenvalue weighted by atomic mass is 10.2. The first-order valence-corrected chi connectivity index (χ1v) is 6.19. The number of anilines is 1. The SMILES string of the molecule is CCn1cc(C)c(NCc2cn(C)nc2C(F)(F)F)n1.Cl. The van der Waals surface area contributed by atoms with E-state index in [4.69, 9.17) is 0 Å². The molecular weight excluding hydrogens is 307 g/mol. The van der Waals surface area contributed by atoms with Gasteiger partial charge in [-0.15, -0.1) is 12.4 Å². The Morgan fingerprint density at radius 1 is 1.24 bits per heavy atom. The van der Waals surface area contributed by atoms with E-state index < -0.39 is 11.9 Å². The molecule has 0 aliphatic carbocycles. The monoisotopic (exact) mass is 323 g/mol. The highest BCUT2D eigenvalue weighted by molar-refractivity contribution is 5.85. The molecular formula is C12H17ClF3N5. The van der Waals surface area contributed by atoms with E-state index >= 15 is 0 Å². The van der Waals surface area contributed by atoms with Crippen LogP contribution in [0.1, 0.15) is 23.7 Å². The largest absolute Gasteiger partial charge is 0.435 e. The first-order chi connectivity index (χ1) is 9.31. The lowest BCUT2D eigenvalue weighted by Gasteiger charge is -2.07. The van der Waals surface area contributed by atoms with Gasteiger partial charge in [0, 0.05) is 43.7 Å². The number of hydrogen-bond acceptors (Lipinski definition) is 3. The fraction of sp³-hybridized carbons (Fsp3) is 0.500. The molecule has 0 saturated heterocycles. The highest BCUT2D eigenvalue weighted by atomic mass is 35.5. The molecule has 2 rings (SSSR count). The first kappa shape index (κ1) is 17.4. The third kappa shape index (κ3) is 3.90. The zero-order valence-corrected chi connectivity index (χ0v) is 12.7. The quantitative estimate of drug-likeness (QED) is 0.941.